The van der Waals surface area contributed by atoms with Crippen molar-refractivity contribution in [1.82, 2.24) is 25.5 Å². The highest BCUT2D eigenvalue weighted by Crippen LogP contribution is 2.16. The molecule has 2 rings (SSSR count). The molecule has 0 bridgehead atoms. The largest absolute Gasteiger partial charge is 0.496 e. The third-order valence-corrected chi connectivity index (χ3v) is 2.98. The molecule has 0 saturated carbocycles. The number of carbonyl (C=O) groups is 1. The van der Waals surface area contributed by atoms with Crippen molar-refractivity contribution in [1.29, 1.82) is 0 Å². The number of thiocarbonyl (C=S) groups is 1. The van der Waals surface area contributed by atoms with E-state index in [0.29, 0.717) is 23.8 Å². The highest BCUT2D eigenvalue weighted by molar-refractivity contribution is 7.80. The van der Waals surface area contributed by atoms with Gasteiger partial charge < -0.3 is 4.74 Å². The number of aryl methyl sites for hydroxylation is 1. The Morgan fingerprint density at radius 1 is 1.41 bits per heavy atom. The number of benzene rings is 1. The second-order valence-electron chi connectivity index (χ2n) is 4.33. The number of anilines is 1. The Hall–Kier alpha value is -2.55. The number of nitrogens with one attached hydrogen (secondary N) is 2. The first-order chi connectivity index (χ1) is 10.7. The van der Waals surface area contributed by atoms with Crippen LogP contribution in [0.4, 0.5) is 5.95 Å². The van der Waals surface area contributed by atoms with Gasteiger partial charge in [-0.2, -0.15) is 0 Å². The zero-order chi connectivity index (χ0) is 15.9. The third kappa shape index (κ3) is 3.76. The molecule has 0 atom stereocenters. The number of methoxy groups -OCH3 is 1. The van der Waals surface area contributed by atoms with Crippen LogP contribution in [-0.4, -0.2) is 38.3 Å². The fourth-order valence-corrected chi connectivity index (χ4v) is 1.98. The summed E-state index contributed by atoms with van der Waals surface area (Å²) >= 11 is 5.11. The van der Waals surface area contributed by atoms with E-state index in [9.17, 15) is 4.79 Å². The molecule has 0 spiro atoms. The Morgan fingerprint density at radius 2 is 2.18 bits per heavy atom. The Morgan fingerprint density at radius 3 is 2.91 bits per heavy atom. The van der Waals surface area contributed by atoms with Crippen LogP contribution in [0.1, 0.15) is 23.7 Å². The molecule has 0 radical (unpaired) electrons. The highest BCUT2D eigenvalue weighted by atomic mass is 32.1. The summed E-state index contributed by atoms with van der Waals surface area (Å²) in [6.45, 7) is 2.66. The van der Waals surface area contributed by atoms with Crippen molar-refractivity contribution in [2.24, 2.45) is 0 Å². The smallest absolute Gasteiger partial charge is 0.261 e. The summed E-state index contributed by atoms with van der Waals surface area (Å²) in [4.78, 5) is 12.2. The van der Waals surface area contributed by atoms with E-state index in [2.05, 4.69) is 26.2 Å². The van der Waals surface area contributed by atoms with E-state index in [-0.39, 0.29) is 11.0 Å². The Balaban J connectivity index is 2.02. The zero-order valence-corrected chi connectivity index (χ0v) is 13.1. The first-order valence-corrected chi connectivity index (χ1v) is 7.08. The van der Waals surface area contributed by atoms with Crippen molar-refractivity contribution in [2.75, 3.05) is 12.4 Å². The Kier molecular flexibility index (Phi) is 5.37. The molecule has 0 fully saturated rings. The van der Waals surface area contributed by atoms with Crippen LogP contribution < -0.4 is 15.4 Å². The number of ether oxygens (including phenoxy) is 1. The number of hydrogen-bond donors (Lipinski definition) is 2. The number of nitrogens with zero attached hydrogens (tertiary/aromatic N) is 4. The predicted molar refractivity (Wildman–Crippen MR) is 84.8 cm³/mol. The first kappa shape index (κ1) is 15.8. The maximum absolute atomic E-state index is 12.2. The lowest BCUT2D eigenvalue weighted by atomic mass is 10.2. The summed E-state index contributed by atoms with van der Waals surface area (Å²) < 4.78 is 6.71. The average molecular weight is 320 g/mol. The topological polar surface area (TPSA) is 94.0 Å². The molecule has 116 valence electrons. The molecule has 2 aromatic rings. The molecule has 0 saturated heterocycles. The number of amides is 1. The van der Waals surface area contributed by atoms with Gasteiger partial charge >= 0.3 is 0 Å². The summed E-state index contributed by atoms with van der Waals surface area (Å²) in [5, 5.41) is 16.7. The summed E-state index contributed by atoms with van der Waals surface area (Å²) in [5.74, 6) is 0.482. The monoisotopic (exact) mass is 320 g/mol. The standard InChI is InChI=1S/C13H16N6O2S/c1-3-8-19-12(16-17-18-19)15-13(22)14-11(20)9-6-4-5-7-10(9)21-2/h4-7H,3,8H2,1-2H3,(H2,14,15,16,18,20,22). The quantitative estimate of drug-likeness (QED) is 0.800. The molecule has 2 N–H and O–H groups in total. The molecular formula is C13H16N6O2S. The number of para-hydroxylation sites is 1. The normalized spacial score (nSPS) is 10.1. The van der Waals surface area contributed by atoms with Gasteiger partial charge in [0, 0.05) is 6.54 Å². The number of aromatic nitrogens is 4. The number of carbonyl (C=O) groups excluding carboxylic acids is 1. The number of tetrazole rings is 1. The molecule has 0 unspecified atom stereocenters. The van der Waals surface area contributed by atoms with E-state index in [1.807, 2.05) is 6.92 Å². The van der Waals surface area contributed by atoms with Gasteiger partial charge in [0.25, 0.3) is 5.91 Å². The molecule has 9 heteroatoms. The average Bonchev–Trinajstić information content (AvgIpc) is 2.94. The van der Waals surface area contributed by atoms with Crippen LogP contribution in [0.15, 0.2) is 24.3 Å². The fourth-order valence-electron chi connectivity index (χ4n) is 1.79. The predicted octanol–water partition coefficient (Wildman–Crippen LogP) is 1.22. The molecule has 0 aliphatic rings. The summed E-state index contributed by atoms with van der Waals surface area (Å²) in [5.41, 5.74) is 0.391. The minimum absolute atomic E-state index is 0.114. The zero-order valence-electron chi connectivity index (χ0n) is 12.2. The molecule has 22 heavy (non-hydrogen) atoms. The van der Waals surface area contributed by atoms with Crippen LogP contribution in [0.5, 0.6) is 5.75 Å². The van der Waals surface area contributed by atoms with Crippen molar-refractivity contribution in [2.45, 2.75) is 19.9 Å². The number of hydrogen-bond acceptors (Lipinski definition) is 6. The van der Waals surface area contributed by atoms with Gasteiger partial charge in [0.2, 0.25) is 5.95 Å². The minimum Gasteiger partial charge on any atom is -0.496 e. The van der Waals surface area contributed by atoms with E-state index < -0.39 is 0 Å². The minimum atomic E-state index is -0.371. The Labute approximate surface area is 132 Å². The van der Waals surface area contributed by atoms with Gasteiger partial charge in [0.05, 0.1) is 12.7 Å². The molecule has 8 nitrogen and oxygen atoms in total. The lowest BCUT2D eigenvalue weighted by Crippen LogP contribution is -2.35. The second-order valence-corrected chi connectivity index (χ2v) is 4.74. The van der Waals surface area contributed by atoms with E-state index in [1.54, 1.807) is 28.9 Å². The van der Waals surface area contributed by atoms with Crippen LogP contribution in [-0.2, 0) is 6.54 Å². The van der Waals surface area contributed by atoms with Crippen molar-refractivity contribution < 1.29 is 9.53 Å². The van der Waals surface area contributed by atoms with Crippen LogP contribution in [0.25, 0.3) is 0 Å². The van der Waals surface area contributed by atoms with Crippen LogP contribution in [0.3, 0.4) is 0 Å². The molecule has 1 heterocycles. The van der Waals surface area contributed by atoms with Crippen molar-refractivity contribution in [3.05, 3.63) is 29.8 Å². The van der Waals surface area contributed by atoms with Gasteiger partial charge in [-0.1, -0.05) is 24.2 Å². The van der Waals surface area contributed by atoms with Crippen molar-refractivity contribution in [3.8, 4) is 5.75 Å². The molecule has 1 amide bonds. The summed E-state index contributed by atoms with van der Waals surface area (Å²) in [7, 11) is 1.50. The summed E-state index contributed by atoms with van der Waals surface area (Å²) in [6.07, 6.45) is 0.875. The van der Waals surface area contributed by atoms with Gasteiger partial charge in [-0.15, -0.1) is 0 Å². The first-order valence-electron chi connectivity index (χ1n) is 6.67. The maximum atomic E-state index is 12.2. The van der Waals surface area contributed by atoms with Crippen molar-refractivity contribution in [3.63, 3.8) is 0 Å². The Bertz CT molecular complexity index is 672. The second kappa shape index (κ2) is 7.46. The maximum Gasteiger partial charge on any atom is 0.261 e. The van der Waals surface area contributed by atoms with Gasteiger partial charge in [0.1, 0.15) is 5.75 Å². The van der Waals surface area contributed by atoms with Crippen LogP contribution in [0.2, 0.25) is 0 Å². The van der Waals surface area contributed by atoms with Crippen molar-refractivity contribution >= 4 is 29.2 Å². The van der Waals surface area contributed by atoms with Gasteiger partial charge in [0.15, 0.2) is 5.11 Å². The highest BCUT2D eigenvalue weighted by Gasteiger charge is 2.14. The summed E-state index contributed by atoms with van der Waals surface area (Å²) in [6, 6.07) is 6.88. The SMILES string of the molecule is CCCn1nnnc1NC(=S)NC(=O)c1ccccc1OC. The third-order valence-electron chi connectivity index (χ3n) is 2.77. The van der Waals surface area contributed by atoms with Gasteiger partial charge in [-0.25, -0.2) is 4.68 Å². The van der Waals surface area contributed by atoms with E-state index in [0.717, 1.165) is 6.42 Å². The van der Waals surface area contributed by atoms with E-state index >= 15 is 0 Å². The molecular weight excluding hydrogens is 304 g/mol. The lowest BCUT2D eigenvalue weighted by Gasteiger charge is -2.11. The van der Waals surface area contributed by atoms with Crippen LogP contribution in [0, 0.1) is 0 Å². The molecule has 1 aromatic carbocycles. The lowest BCUT2D eigenvalue weighted by molar-refractivity contribution is 0.0975. The molecule has 0 aliphatic carbocycles. The van der Waals surface area contributed by atoms with Crippen LogP contribution >= 0.6 is 12.2 Å². The van der Waals surface area contributed by atoms with E-state index in [1.165, 1.54) is 7.11 Å². The number of rotatable bonds is 5. The van der Waals surface area contributed by atoms with Gasteiger partial charge in [-0.05, 0) is 41.2 Å². The molecule has 1 aromatic heterocycles. The molecule has 0 aliphatic heterocycles. The van der Waals surface area contributed by atoms with E-state index in [4.69, 9.17) is 17.0 Å². The van der Waals surface area contributed by atoms with Gasteiger partial charge in [-0.3, -0.25) is 15.4 Å². The fraction of sp³-hybridized carbons (Fsp3) is 0.308.